The van der Waals surface area contributed by atoms with Crippen molar-refractivity contribution in [3.8, 4) is 0 Å². The van der Waals surface area contributed by atoms with Crippen molar-refractivity contribution in [1.82, 2.24) is 4.90 Å². The Bertz CT molecular complexity index is 288. The third-order valence-corrected chi connectivity index (χ3v) is 3.20. The van der Waals surface area contributed by atoms with Crippen LogP contribution in [0.4, 0.5) is 0 Å². The fourth-order valence-corrected chi connectivity index (χ4v) is 2.21. The van der Waals surface area contributed by atoms with E-state index in [0.717, 1.165) is 19.4 Å². The van der Waals surface area contributed by atoms with Gasteiger partial charge in [0.1, 0.15) is 0 Å². The van der Waals surface area contributed by atoms with Gasteiger partial charge in [0.2, 0.25) is 5.91 Å². The Labute approximate surface area is 105 Å². The number of nitrogens with zero attached hydrogens (tertiary/aromatic N) is 1. The molecule has 98 valence electrons. The largest absolute Gasteiger partial charge is 0.332 e. The maximum atomic E-state index is 12.3. The number of carbonyl (C=O) groups is 2. The van der Waals surface area contributed by atoms with Gasteiger partial charge in [-0.15, -0.1) is 0 Å². The number of ketones is 1. The third-order valence-electron chi connectivity index (χ3n) is 3.20. The summed E-state index contributed by atoms with van der Waals surface area (Å²) >= 11 is 0. The molecule has 1 rings (SSSR count). The predicted octanol–water partition coefficient (Wildman–Crippen LogP) is 2.64. The average molecular weight is 239 g/mol. The lowest BCUT2D eigenvalue weighted by Crippen LogP contribution is -2.48. The second kappa shape index (κ2) is 4.43. The van der Waals surface area contributed by atoms with Gasteiger partial charge in [-0.05, 0) is 12.8 Å². The molecule has 1 atom stereocenters. The van der Waals surface area contributed by atoms with Gasteiger partial charge in [0.25, 0.3) is 0 Å². The molecule has 1 fully saturated rings. The zero-order valence-corrected chi connectivity index (χ0v) is 12.0. The summed E-state index contributed by atoms with van der Waals surface area (Å²) in [7, 11) is 0. The second-order valence-corrected chi connectivity index (χ2v) is 7.02. The Morgan fingerprint density at radius 2 is 1.53 bits per heavy atom. The first-order chi connectivity index (χ1) is 7.55. The van der Waals surface area contributed by atoms with Crippen molar-refractivity contribution in [2.45, 2.75) is 60.4 Å². The molecule has 0 saturated carbocycles. The molecule has 1 aliphatic heterocycles. The average Bonchev–Trinajstić information content (AvgIpc) is 2.60. The lowest BCUT2D eigenvalue weighted by atomic mass is 9.84. The van der Waals surface area contributed by atoms with Gasteiger partial charge in [0, 0.05) is 17.4 Å². The minimum Gasteiger partial charge on any atom is -0.332 e. The zero-order chi connectivity index (χ0) is 13.4. The van der Waals surface area contributed by atoms with Crippen molar-refractivity contribution in [3.05, 3.63) is 0 Å². The summed E-state index contributed by atoms with van der Waals surface area (Å²) in [5.41, 5.74) is -0.772. The number of amides is 1. The first-order valence-electron chi connectivity index (χ1n) is 6.40. The van der Waals surface area contributed by atoms with Crippen LogP contribution in [0.1, 0.15) is 54.4 Å². The summed E-state index contributed by atoms with van der Waals surface area (Å²) in [5, 5.41) is 0. The van der Waals surface area contributed by atoms with E-state index in [1.807, 2.05) is 41.5 Å². The summed E-state index contributed by atoms with van der Waals surface area (Å²) in [6.07, 6.45) is 1.76. The highest BCUT2D eigenvalue weighted by molar-refractivity contribution is 5.94. The number of Topliss-reactive ketones (excluding diaryl/α,β-unsaturated/α-hetero) is 1. The quantitative estimate of drug-likeness (QED) is 0.705. The van der Waals surface area contributed by atoms with Crippen LogP contribution in [0.5, 0.6) is 0 Å². The molecule has 0 aromatic heterocycles. The van der Waals surface area contributed by atoms with E-state index in [9.17, 15) is 9.59 Å². The maximum Gasteiger partial charge on any atom is 0.228 e. The molecule has 0 aliphatic carbocycles. The van der Waals surface area contributed by atoms with Crippen molar-refractivity contribution >= 4 is 11.7 Å². The maximum absolute atomic E-state index is 12.3. The molecule has 0 aromatic carbocycles. The van der Waals surface area contributed by atoms with Crippen molar-refractivity contribution in [3.63, 3.8) is 0 Å². The lowest BCUT2D eigenvalue weighted by molar-refractivity contribution is -0.146. The van der Waals surface area contributed by atoms with E-state index >= 15 is 0 Å². The highest BCUT2D eigenvalue weighted by Gasteiger charge is 2.41. The topological polar surface area (TPSA) is 37.4 Å². The van der Waals surface area contributed by atoms with E-state index in [1.165, 1.54) is 0 Å². The van der Waals surface area contributed by atoms with Gasteiger partial charge in [-0.2, -0.15) is 0 Å². The van der Waals surface area contributed by atoms with E-state index in [1.54, 1.807) is 4.90 Å². The summed E-state index contributed by atoms with van der Waals surface area (Å²) < 4.78 is 0. The van der Waals surface area contributed by atoms with Crippen LogP contribution in [0.2, 0.25) is 0 Å². The molecule has 1 saturated heterocycles. The number of hydrogen-bond donors (Lipinski definition) is 0. The van der Waals surface area contributed by atoms with E-state index in [0.29, 0.717) is 0 Å². The minimum absolute atomic E-state index is 0.0950. The van der Waals surface area contributed by atoms with Crippen LogP contribution in [-0.2, 0) is 9.59 Å². The normalized spacial score (nSPS) is 21.8. The summed E-state index contributed by atoms with van der Waals surface area (Å²) in [6, 6.07) is -0.207. The summed E-state index contributed by atoms with van der Waals surface area (Å²) in [5.74, 6) is 0.283. The molecule has 1 unspecified atom stereocenters. The Kier molecular flexibility index (Phi) is 3.70. The first-order valence-corrected chi connectivity index (χ1v) is 6.40. The van der Waals surface area contributed by atoms with Gasteiger partial charge in [0.15, 0.2) is 5.78 Å². The third kappa shape index (κ3) is 3.08. The number of hydrogen-bond acceptors (Lipinski definition) is 2. The molecule has 0 spiro atoms. The molecule has 17 heavy (non-hydrogen) atoms. The highest BCUT2D eigenvalue weighted by Crippen LogP contribution is 2.30. The second-order valence-electron chi connectivity index (χ2n) is 7.02. The molecular weight excluding hydrogens is 214 g/mol. The monoisotopic (exact) mass is 239 g/mol. The van der Waals surface area contributed by atoms with Crippen LogP contribution in [0.15, 0.2) is 0 Å². The fraction of sp³-hybridized carbons (Fsp3) is 0.857. The Hall–Kier alpha value is -0.860. The predicted molar refractivity (Wildman–Crippen MR) is 68.7 cm³/mol. The minimum atomic E-state index is -0.402. The first kappa shape index (κ1) is 14.2. The van der Waals surface area contributed by atoms with E-state index in [-0.39, 0.29) is 23.1 Å². The van der Waals surface area contributed by atoms with Gasteiger partial charge in [0.05, 0.1) is 6.04 Å². The molecule has 1 heterocycles. The van der Waals surface area contributed by atoms with Crippen LogP contribution in [0, 0.1) is 10.8 Å². The zero-order valence-electron chi connectivity index (χ0n) is 12.0. The molecule has 0 radical (unpaired) electrons. The lowest BCUT2D eigenvalue weighted by Gasteiger charge is -2.33. The molecule has 0 bridgehead atoms. The molecule has 0 N–H and O–H groups in total. The Morgan fingerprint density at radius 1 is 1.00 bits per heavy atom. The molecule has 1 amide bonds. The van der Waals surface area contributed by atoms with Crippen LogP contribution >= 0.6 is 0 Å². The van der Waals surface area contributed by atoms with Crippen molar-refractivity contribution < 1.29 is 9.59 Å². The summed E-state index contributed by atoms with van der Waals surface area (Å²) in [6.45, 7) is 12.2. The van der Waals surface area contributed by atoms with Gasteiger partial charge in [-0.3, -0.25) is 9.59 Å². The number of likely N-dealkylation sites (tertiary alicyclic amines) is 1. The molecular formula is C14H25NO2. The number of rotatable bonds is 1. The van der Waals surface area contributed by atoms with Crippen molar-refractivity contribution in [2.24, 2.45) is 10.8 Å². The van der Waals surface area contributed by atoms with Gasteiger partial charge in [-0.1, -0.05) is 41.5 Å². The van der Waals surface area contributed by atoms with Gasteiger partial charge in [-0.25, -0.2) is 0 Å². The van der Waals surface area contributed by atoms with E-state index in [4.69, 9.17) is 0 Å². The Balaban J connectivity index is 2.88. The molecule has 0 aromatic rings. The van der Waals surface area contributed by atoms with Crippen molar-refractivity contribution in [2.75, 3.05) is 6.54 Å². The van der Waals surface area contributed by atoms with Crippen LogP contribution < -0.4 is 0 Å². The molecule has 1 aliphatic rings. The standard InChI is InChI=1S/C14H25NO2/c1-13(2,3)11(16)10-8-7-9-15(10)12(17)14(4,5)6/h10H,7-9H2,1-6H3. The smallest absolute Gasteiger partial charge is 0.228 e. The van der Waals surface area contributed by atoms with E-state index < -0.39 is 5.41 Å². The molecule has 3 heteroatoms. The number of carbonyl (C=O) groups excluding carboxylic acids is 2. The fourth-order valence-electron chi connectivity index (χ4n) is 2.21. The van der Waals surface area contributed by atoms with E-state index in [2.05, 4.69) is 0 Å². The Morgan fingerprint density at radius 3 is 1.94 bits per heavy atom. The summed E-state index contributed by atoms with van der Waals surface area (Å²) in [4.78, 5) is 26.4. The van der Waals surface area contributed by atoms with Gasteiger partial charge < -0.3 is 4.90 Å². The molecule has 3 nitrogen and oxygen atoms in total. The SMILES string of the molecule is CC(C)(C)C(=O)C1CCCN1C(=O)C(C)(C)C. The van der Waals surface area contributed by atoms with Crippen LogP contribution in [0.3, 0.4) is 0 Å². The van der Waals surface area contributed by atoms with Crippen LogP contribution in [-0.4, -0.2) is 29.2 Å². The van der Waals surface area contributed by atoms with Crippen molar-refractivity contribution in [1.29, 1.82) is 0 Å². The van der Waals surface area contributed by atoms with Gasteiger partial charge >= 0.3 is 0 Å². The van der Waals surface area contributed by atoms with Crippen LogP contribution in [0.25, 0.3) is 0 Å². The highest BCUT2D eigenvalue weighted by atomic mass is 16.2.